The molecule has 1 aromatic heterocycles. The van der Waals surface area contributed by atoms with Crippen LogP contribution in [0.3, 0.4) is 0 Å². The van der Waals surface area contributed by atoms with Gasteiger partial charge in [0, 0.05) is 18.2 Å². The zero-order chi connectivity index (χ0) is 14.3. The van der Waals surface area contributed by atoms with Crippen LogP contribution in [0, 0.1) is 5.92 Å². The normalized spacial score (nSPS) is 12.0. The van der Waals surface area contributed by atoms with Crippen LogP contribution < -0.4 is 5.32 Å². The molecule has 0 amide bonds. The van der Waals surface area contributed by atoms with Gasteiger partial charge in [-0.2, -0.15) is 0 Å². The first-order chi connectivity index (χ1) is 9.04. The van der Waals surface area contributed by atoms with E-state index in [-0.39, 0.29) is 0 Å². The van der Waals surface area contributed by atoms with Gasteiger partial charge in [0.1, 0.15) is 5.76 Å². The van der Waals surface area contributed by atoms with Crippen molar-refractivity contribution < 1.29 is 4.42 Å². The predicted molar refractivity (Wildman–Crippen MR) is 81.1 cm³/mol. The highest BCUT2D eigenvalue weighted by atomic mass is 16.3. The van der Waals surface area contributed by atoms with Crippen LogP contribution in [0.5, 0.6) is 0 Å². The van der Waals surface area contributed by atoms with Crippen LogP contribution in [0.15, 0.2) is 16.7 Å². The Balaban J connectivity index is 2.55. The van der Waals surface area contributed by atoms with Crippen LogP contribution in [0.25, 0.3) is 0 Å². The molecule has 0 saturated heterocycles. The number of hydrogen-bond acceptors (Lipinski definition) is 3. The molecule has 1 heterocycles. The maximum absolute atomic E-state index is 5.67. The van der Waals surface area contributed by atoms with Gasteiger partial charge in [0.25, 0.3) is 0 Å². The summed E-state index contributed by atoms with van der Waals surface area (Å²) in [5, 5.41) is 3.48. The van der Waals surface area contributed by atoms with Gasteiger partial charge in [0.05, 0.1) is 12.8 Å². The summed E-state index contributed by atoms with van der Waals surface area (Å²) < 4.78 is 5.67. The van der Waals surface area contributed by atoms with Crippen LogP contribution in [-0.4, -0.2) is 24.0 Å². The van der Waals surface area contributed by atoms with Crippen molar-refractivity contribution in [3.05, 3.63) is 23.7 Å². The number of furan rings is 1. The second kappa shape index (κ2) is 8.39. The molecule has 3 nitrogen and oxygen atoms in total. The summed E-state index contributed by atoms with van der Waals surface area (Å²) in [6.45, 7) is 15.2. The summed E-state index contributed by atoms with van der Waals surface area (Å²) in [7, 11) is 0. The van der Waals surface area contributed by atoms with Crippen molar-refractivity contribution in [2.45, 2.75) is 60.2 Å². The van der Waals surface area contributed by atoms with E-state index in [1.54, 1.807) is 0 Å². The summed E-state index contributed by atoms with van der Waals surface area (Å²) in [5.74, 6) is 1.79. The molecule has 19 heavy (non-hydrogen) atoms. The topological polar surface area (TPSA) is 28.4 Å². The van der Waals surface area contributed by atoms with E-state index in [9.17, 15) is 0 Å². The SMILES string of the molecule is CCCN(Cc1occc1CNCC(C)C)C(C)C. The highest BCUT2D eigenvalue weighted by Gasteiger charge is 2.14. The molecule has 0 aliphatic carbocycles. The molecule has 1 N–H and O–H groups in total. The third kappa shape index (κ3) is 5.79. The second-order valence-electron chi connectivity index (χ2n) is 5.96. The third-order valence-corrected chi connectivity index (χ3v) is 3.29. The van der Waals surface area contributed by atoms with Gasteiger partial charge in [0.15, 0.2) is 0 Å². The molecule has 0 unspecified atom stereocenters. The van der Waals surface area contributed by atoms with Crippen molar-refractivity contribution in [1.29, 1.82) is 0 Å². The van der Waals surface area contributed by atoms with E-state index in [4.69, 9.17) is 4.42 Å². The Hall–Kier alpha value is -0.800. The van der Waals surface area contributed by atoms with Crippen LogP contribution in [0.1, 0.15) is 52.4 Å². The Morgan fingerprint density at radius 1 is 1.26 bits per heavy atom. The number of nitrogens with one attached hydrogen (secondary N) is 1. The number of hydrogen-bond donors (Lipinski definition) is 1. The molecule has 0 spiro atoms. The van der Waals surface area contributed by atoms with Crippen molar-refractivity contribution in [3.63, 3.8) is 0 Å². The summed E-state index contributed by atoms with van der Waals surface area (Å²) in [6.07, 6.45) is 2.99. The Morgan fingerprint density at radius 2 is 2.00 bits per heavy atom. The first-order valence-corrected chi connectivity index (χ1v) is 7.54. The minimum Gasteiger partial charge on any atom is -0.468 e. The molecule has 0 saturated carbocycles. The van der Waals surface area contributed by atoms with E-state index in [1.165, 1.54) is 12.0 Å². The fourth-order valence-electron chi connectivity index (χ4n) is 2.15. The average molecular weight is 266 g/mol. The largest absolute Gasteiger partial charge is 0.468 e. The monoisotopic (exact) mass is 266 g/mol. The third-order valence-electron chi connectivity index (χ3n) is 3.29. The van der Waals surface area contributed by atoms with E-state index in [2.05, 4.69) is 50.9 Å². The Kier molecular flexibility index (Phi) is 7.17. The van der Waals surface area contributed by atoms with E-state index in [0.717, 1.165) is 31.9 Å². The standard InChI is InChI=1S/C16H30N2O/c1-6-8-18(14(4)5)12-16-15(7-9-19-16)11-17-10-13(2)3/h7,9,13-14,17H,6,8,10-12H2,1-5H3. The number of nitrogens with zero attached hydrogens (tertiary/aromatic N) is 1. The second-order valence-corrected chi connectivity index (χ2v) is 5.96. The summed E-state index contributed by atoms with van der Waals surface area (Å²) in [6, 6.07) is 2.65. The minimum atomic E-state index is 0.557. The van der Waals surface area contributed by atoms with Gasteiger partial charge in [0.2, 0.25) is 0 Å². The van der Waals surface area contributed by atoms with Gasteiger partial charge in [-0.1, -0.05) is 20.8 Å². The van der Waals surface area contributed by atoms with Gasteiger partial charge >= 0.3 is 0 Å². The lowest BCUT2D eigenvalue weighted by molar-refractivity contribution is 0.196. The van der Waals surface area contributed by atoms with E-state index >= 15 is 0 Å². The Labute approximate surface area is 118 Å². The van der Waals surface area contributed by atoms with Gasteiger partial charge in [-0.05, 0) is 45.3 Å². The van der Waals surface area contributed by atoms with Gasteiger partial charge < -0.3 is 9.73 Å². The van der Waals surface area contributed by atoms with Crippen LogP contribution in [-0.2, 0) is 13.1 Å². The van der Waals surface area contributed by atoms with Crippen molar-refractivity contribution in [1.82, 2.24) is 10.2 Å². The quantitative estimate of drug-likeness (QED) is 0.739. The summed E-state index contributed by atoms with van der Waals surface area (Å²) >= 11 is 0. The summed E-state index contributed by atoms with van der Waals surface area (Å²) in [5.41, 5.74) is 1.29. The zero-order valence-corrected chi connectivity index (χ0v) is 13.2. The lowest BCUT2D eigenvalue weighted by Crippen LogP contribution is -2.31. The fourth-order valence-corrected chi connectivity index (χ4v) is 2.15. The maximum atomic E-state index is 5.67. The summed E-state index contributed by atoms with van der Waals surface area (Å²) in [4.78, 5) is 2.46. The first-order valence-electron chi connectivity index (χ1n) is 7.54. The molecule has 0 aromatic carbocycles. The zero-order valence-electron chi connectivity index (χ0n) is 13.2. The molecule has 0 bridgehead atoms. The Bertz CT molecular complexity index is 344. The highest BCUT2D eigenvalue weighted by molar-refractivity contribution is 5.16. The van der Waals surface area contributed by atoms with E-state index in [0.29, 0.717) is 12.0 Å². The van der Waals surface area contributed by atoms with Crippen LogP contribution >= 0.6 is 0 Å². The van der Waals surface area contributed by atoms with E-state index in [1.807, 2.05) is 6.26 Å². The molecule has 0 fully saturated rings. The minimum absolute atomic E-state index is 0.557. The van der Waals surface area contributed by atoms with Crippen molar-refractivity contribution in [2.24, 2.45) is 5.92 Å². The van der Waals surface area contributed by atoms with E-state index < -0.39 is 0 Å². The van der Waals surface area contributed by atoms with Crippen LogP contribution in [0.4, 0.5) is 0 Å². The maximum Gasteiger partial charge on any atom is 0.122 e. The molecular weight excluding hydrogens is 236 g/mol. The first kappa shape index (κ1) is 16.3. The molecule has 110 valence electrons. The molecule has 0 aliphatic rings. The average Bonchev–Trinajstić information content (AvgIpc) is 2.75. The molecule has 0 atom stereocenters. The molecular formula is C16H30N2O. The molecule has 1 rings (SSSR count). The number of rotatable bonds is 9. The smallest absolute Gasteiger partial charge is 0.122 e. The predicted octanol–water partition coefficient (Wildman–Crippen LogP) is 3.65. The van der Waals surface area contributed by atoms with Crippen molar-refractivity contribution in [2.75, 3.05) is 13.1 Å². The molecule has 1 aromatic rings. The fraction of sp³-hybridized carbons (Fsp3) is 0.750. The highest BCUT2D eigenvalue weighted by Crippen LogP contribution is 2.15. The van der Waals surface area contributed by atoms with Gasteiger partial charge in [-0.3, -0.25) is 4.90 Å². The molecule has 0 aliphatic heterocycles. The van der Waals surface area contributed by atoms with Crippen molar-refractivity contribution >= 4 is 0 Å². The van der Waals surface area contributed by atoms with Gasteiger partial charge in [-0.15, -0.1) is 0 Å². The Morgan fingerprint density at radius 3 is 2.58 bits per heavy atom. The lowest BCUT2D eigenvalue weighted by atomic mass is 10.2. The van der Waals surface area contributed by atoms with Crippen molar-refractivity contribution in [3.8, 4) is 0 Å². The van der Waals surface area contributed by atoms with Gasteiger partial charge in [-0.25, -0.2) is 0 Å². The lowest BCUT2D eigenvalue weighted by Gasteiger charge is -2.25. The molecule has 3 heteroatoms. The van der Waals surface area contributed by atoms with Crippen LogP contribution in [0.2, 0.25) is 0 Å². The molecule has 0 radical (unpaired) electrons.